The van der Waals surface area contributed by atoms with E-state index in [0.29, 0.717) is 13.1 Å². The van der Waals surface area contributed by atoms with Gasteiger partial charge in [-0.05, 0) is 38.5 Å². The number of amides is 2. The minimum Gasteiger partial charge on any atom is -0.379 e. The van der Waals surface area contributed by atoms with Gasteiger partial charge in [0.15, 0.2) is 0 Å². The Bertz CT molecular complexity index is 454. The molecular weight excluding hydrogens is 334 g/mol. The first-order chi connectivity index (χ1) is 12.7. The van der Waals surface area contributed by atoms with E-state index in [9.17, 15) is 9.59 Å². The second kappa shape index (κ2) is 10.2. The zero-order valence-corrected chi connectivity index (χ0v) is 15.7. The van der Waals surface area contributed by atoms with Crippen molar-refractivity contribution in [1.29, 1.82) is 0 Å². The smallest absolute Gasteiger partial charge is 0.223 e. The summed E-state index contributed by atoms with van der Waals surface area (Å²) >= 11 is 0. The lowest BCUT2D eigenvalue weighted by atomic mass is 9.81. The van der Waals surface area contributed by atoms with Crippen molar-refractivity contribution in [2.24, 2.45) is 11.8 Å². The Labute approximate surface area is 156 Å². The molecule has 0 radical (unpaired) electrons. The first kappa shape index (κ1) is 19.6. The first-order valence-electron chi connectivity index (χ1n) is 10.2. The lowest BCUT2D eigenvalue weighted by molar-refractivity contribution is -0.130. The van der Waals surface area contributed by atoms with Crippen molar-refractivity contribution in [3.8, 4) is 0 Å². The van der Waals surface area contributed by atoms with Crippen LogP contribution in [0.1, 0.15) is 38.5 Å². The van der Waals surface area contributed by atoms with Crippen LogP contribution in [0.4, 0.5) is 0 Å². The van der Waals surface area contributed by atoms with Gasteiger partial charge in [0.05, 0.1) is 19.3 Å². The Morgan fingerprint density at radius 2 is 1.54 bits per heavy atom. The second-order valence-electron chi connectivity index (χ2n) is 7.67. The molecule has 0 spiro atoms. The van der Waals surface area contributed by atoms with Gasteiger partial charge in [-0.3, -0.25) is 14.5 Å². The summed E-state index contributed by atoms with van der Waals surface area (Å²) in [7, 11) is 0. The monoisotopic (exact) mass is 367 g/mol. The van der Waals surface area contributed by atoms with Gasteiger partial charge in [-0.25, -0.2) is 0 Å². The average molecular weight is 367 g/mol. The van der Waals surface area contributed by atoms with Gasteiger partial charge < -0.3 is 20.1 Å². The molecule has 0 aromatic carbocycles. The van der Waals surface area contributed by atoms with E-state index in [1.807, 2.05) is 0 Å². The third-order valence-corrected chi connectivity index (χ3v) is 5.83. The van der Waals surface area contributed by atoms with Gasteiger partial charge in [0.25, 0.3) is 0 Å². The Morgan fingerprint density at radius 1 is 0.885 bits per heavy atom. The largest absolute Gasteiger partial charge is 0.379 e. The van der Waals surface area contributed by atoms with Crippen LogP contribution >= 0.6 is 0 Å². The summed E-state index contributed by atoms with van der Waals surface area (Å²) in [6, 6.07) is 0. The number of ether oxygens (including phenoxy) is 2. The number of nitrogens with zero attached hydrogens (tertiary/aromatic N) is 1. The van der Waals surface area contributed by atoms with Gasteiger partial charge in [0, 0.05) is 51.2 Å². The Kier molecular flexibility index (Phi) is 7.70. The number of morpholine rings is 1. The van der Waals surface area contributed by atoms with Crippen molar-refractivity contribution in [3.05, 3.63) is 0 Å². The summed E-state index contributed by atoms with van der Waals surface area (Å²) in [4.78, 5) is 27.0. The third kappa shape index (κ3) is 5.93. The predicted molar refractivity (Wildman–Crippen MR) is 97.7 cm³/mol. The minimum absolute atomic E-state index is 0.0498. The van der Waals surface area contributed by atoms with Gasteiger partial charge in [-0.1, -0.05) is 0 Å². The van der Waals surface area contributed by atoms with E-state index in [0.717, 1.165) is 78.0 Å². The van der Waals surface area contributed by atoms with Crippen molar-refractivity contribution in [1.82, 2.24) is 15.5 Å². The summed E-state index contributed by atoms with van der Waals surface area (Å²) in [5, 5.41) is 6.10. The Hall–Kier alpha value is -1.18. The van der Waals surface area contributed by atoms with Crippen LogP contribution in [-0.2, 0) is 19.1 Å². The van der Waals surface area contributed by atoms with Crippen LogP contribution in [0, 0.1) is 11.8 Å². The molecular formula is C19H33N3O4. The first-order valence-corrected chi connectivity index (χ1v) is 10.2. The van der Waals surface area contributed by atoms with Crippen LogP contribution in [0.5, 0.6) is 0 Å². The number of carbonyl (C=O) groups is 2. The molecule has 7 nitrogen and oxygen atoms in total. The summed E-state index contributed by atoms with van der Waals surface area (Å²) < 4.78 is 10.9. The molecule has 2 aliphatic heterocycles. The molecule has 0 aromatic heterocycles. The number of hydrogen-bond acceptors (Lipinski definition) is 5. The summed E-state index contributed by atoms with van der Waals surface area (Å²) in [5.41, 5.74) is 0. The standard InChI is InChI=1S/C19H33N3O4/c23-18(20-7-8-22-9-12-25-13-10-22)15-3-5-16(6-4-15)19(24)21-14-17-2-1-11-26-17/h15-17H,1-14H2,(H,20,23)(H,21,24). The Balaban J connectivity index is 1.28. The fourth-order valence-corrected chi connectivity index (χ4v) is 4.09. The van der Waals surface area contributed by atoms with Crippen molar-refractivity contribution in [2.45, 2.75) is 44.6 Å². The number of carbonyl (C=O) groups excluding carboxylic acids is 2. The fraction of sp³-hybridized carbons (Fsp3) is 0.895. The van der Waals surface area contributed by atoms with E-state index in [4.69, 9.17) is 9.47 Å². The van der Waals surface area contributed by atoms with Crippen molar-refractivity contribution in [3.63, 3.8) is 0 Å². The van der Waals surface area contributed by atoms with Crippen LogP contribution in [0.3, 0.4) is 0 Å². The number of rotatable bonds is 7. The molecule has 26 heavy (non-hydrogen) atoms. The zero-order valence-electron chi connectivity index (χ0n) is 15.7. The van der Waals surface area contributed by atoms with Gasteiger partial charge in [-0.15, -0.1) is 0 Å². The fourth-order valence-electron chi connectivity index (χ4n) is 4.09. The maximum absolute atomic E-state index is 12.3. The van der Waals surface area contributed by atoms with E-state index in [1.165, 1.54) is 0 Å². The van der Waals surface area contributed by atoms with Gasteiger partial charge in [0.2, 0.25) is 11.8 Å². The highest BCUT2D eigenvalue weighted by molar-refractivity contribution is 5.81. The van der Waals surface area contributed by atoms with E-state index in [2.05, 4.69) is 15.5 Å². The van der Waals surface area contributed by atoms with E-state index >= 15 is 0 Å². The molecule has 1 saturated carbocycles. The van der Waals surface area contributed by atoms with Crippen LogP contribution in [0.15, 0.2) is 0 Å². The molecule has 3 aliphatic rings. The van der Waals surface area contributed by atoms with E-state index < -0.39 is 0 Å². The molecule has 0 bridgehead atoms. The highest BCUT2D eigenvalue weighted by atomic mass is 16.5. The van der Waals surface area contributed by atoms with Crippen LogP contribution in [0.25, 0.3) is 0 Å². The summed E-state index contributed by atoms with van der Waals surface area (Å²) in [5.74, 6) is 0.388. The normalized spacial score (nSPS) is 30.1. The zero-order chi connectivity index (χ0) is 18.2. The third-order valence-electron chi connectivity index (χ3n) is 5.83. The van der Waals surface area contributed by atoms with Crippen LogP contribution in [0.2, 0.25) is 0 Å². The lowest BCUT2D eigenvalue weighted by Gasteiger charge is -2.29. The molecule has 0 aromatic rings. The van der Waals surface area contributed by atoms with E-state index in [1.54, 1.807) is 0 Å². The molecule has 2 heterocycles. The molecule has 2 N–H and O–H groups in total. The van der Waals surface area contributed by atoms with Crippen molar-refractivity contribution >= 4 is 11.8 Å². The number of hydrogen-bond donors (Lipinski definition) is 2. The molecule has 7 heteroatoms. The molecule has 2 amide bonds. The molecule has 1 aliphatic carbocycles. The second-order valence-corrected chi connectivity index (χ2v) is 7.67. The van der Waals surface area contributed by atoms with Crippen LogP contribution < -0.4 is 10.6 Å². The highest BCUT2D eigenvalue weighted by Gasteiger charge is 2.30. The molecule has 148 valence electrons. The number of nitrogens with one attached hydrogen (secondary N) is 2. The molecule has 1 unspecified atom stereocenters. The average Bonchev–Trinajstić information content (AvgIpc) is 3.20. The highest BCUT2D eigenvalue weighted by Crippen LogP contribution is 2.29. The predicted octanol–water partition coefficient (Wildman–Crippen LogP) is 0.536. The van der Waals surface area contributed by atoms with Gasteiger partial charge in [0.1, 0.15) is 0 Å². The summed E-state index contributed by atoms with van der Waals surface area (Å²) in [6.07, 6.45) is 5.54. The summed E-state index contributed by atoms with van der Waals surface area (Å²) in [6.45, 7) is 6.48. The van der Waals surface area contributed by atoms with Gasteiger partial charge in [-0.2, -0.15) is 0 Å². The topological polar surface area (TPSA) is 79.9 Å². The van der Waals surface area contributed by atoms with Crippen molar-refractivity contribution in [2.75, 3.05) is 52.5 Å². The van der Waals surface area contributed by atoms with E-state index in [-0.39, 0.29) is 29.8 Å². The van der Waals surface area contributed by atoms with Gasteiger partial charge >= 0.3 is 0 Å². The molecule has 2 saturated heterocycles. The Morgan fingerprint density at radius 3 is 2.15 bits per heavy atom. The lowest BCUT2D eigenvalue weighted by Crippen LogP contribution is -2.43. The maximum atomic E-state index is 12.3. The molecule has 1 atom stereocenters. The molecule has 3 rings (SSSR count). The molecule has 3 fully saturated rings. The SMILES string of the molecule is O=C(NCCN1CCOCC1)C1CCC(C(=O)NCC2CCCO2)CC1. The maximum Gasteiger partial charge on any atom is 0.223 e. The minimum atomic E-state index is 0.0498. The quantitative estimate of drug-likeness (QED) is 0.686. The van der Waals surface area contributed by atoms with Crippen LogP contribution in [-0.4, -0.2) is 75.4 Å². The van der Waals surface area contributed by atoms with Crippen molar-refractivity contribution < 1.29 is 19.1 Å².